The molecule has 0 spiro atoms. The Kier molecular flexibility index (Phi) is 5.14. The summed E-state index contributed by atoms with van der Waals surface area (Å²) in [6.07, 6.45) is 5.50. The van der Waals surface area contributed by atoms with Crippen LogP contribution in [0.5, 0.6) is 0 Å². The molecule has 1 aliphatic carbocycles. The number of oxime groups is 1. The molecule has 0 amide bonds. The second kappa shape index (κ2) is 6.87. The Balaban J connectivity index is 1.86. The van der Waals surface area contributed by atoms with E-state index in [0.717, 1.165) is 31.2 Å². The molecular weight excluding hydrogens is 268 g/mol. The molecule has 1 fully saturated rings. The zero-order valence-electron chi connectivity index (χ0n) is 12.4. The highest BCUT2D eigenvalue weighted by Crippen LogP contribution is 2.31. The van der Waals surface area contributed by atoms with Gasteiger partial charge >= 0.3 is 0 Å². The van der Waals surface area contributed by atoms with Gasteiger partial charge in [-0.1, -0.05) is 12.1 Å². The molecular formula is C15H24N4O2. The average Bonchev–Trinajstić information content (AvgIpc) is 2.50. The van der Waals surface area contributed by atoms with Crippen LogP contribution >= 0.6 is 0 Å². The Morgan fingerprint density at radius 1 is 1.52 bits per heavy atom. The molecule has 6 heteroatoms. The number of hydrogen-bond acceptors (Lipinski definition) is 5. The maximum atomic E-state index is 10.5. The Morgan fingerprint density at radius 3 is 2.90 bits per heavy atom. The topological polar surface area (TPSA) is 104 Å². The molecule has 0 aliphatic heterocycles. The smallest absolute Gasteiger partial charge is 0.188 e. The number of aromatic nitrogens is 1. The predicted octanol–water partition coefficient (Wildman–Crippen LogP) is 1.21. The third-order valence-corrected chi connectivity index (χ3v) is 4.18. The fraction of sp³-hybridized carbons (Fsp3) is 0.600. The number of rotatable bonds is 5. The highest BCUT2D eigenvalue weighted by Gasteiger charge is 2.31. The highest BCUT2D eigenvalue weighted by atomic mass is 16.4. The lowest BCUT2D eigenvalue weighted by atomic mass is 9.79. The second-order valence-electron chi connectivity index (χ2n) is 6.04. The van der Waals surface area contributed by atoms with Crippen LogP contribution in [0.25, 0.3) is 0 Å². The zero-order chi connectivity index (χ0) is 15.3. The Labute approximate surface area is 125 Å². The zero-order valence-corrected chi connectivity index (χ0v) is 12.4. The van der Waals surface area contributed by atoms with Crippen LogP contribution in [-0.4, -0.2) is 33.3 Å². The maximum absolute atomic E-state index is 10.5. The van der Waals surface area contributed by atoms with Crippen LogP contribution in [0.15, 0.2) is 23.5 Å². The van der Waals surface area contributed by atoms with Gasteiger partial charge in [-0.3, -0.25) is 4.98 Å². The first-order valence-electron chi connectivity index (χ1n) is 7.38. The van der Waals surface area contributed by atoms with Gasteiger partial charge in [-0.2, -0.15) is 0 Å². The lowest BCUT2D eigenvalue weighted by Crippen LogP contribution is -2.43. The van der Waals surface area contributed by atoms with E-state index >= 15 is 0 Å². The summed E-state index contributed by atoms with van der Waals surface area (Å²) < 4.78 is 0. The molecule has 1 saturated carbocycles. The summed E-state index contributed by atoms with van der Waals surface area (Å²) >= 11 is 0. The van der Waals surface area contributed by atoms with Crippen molar-refractivity contribution in [1.29, 1.82) is 0 Å². The van der Waals surface area contributed by atoms with E-state index in [2.05, 4.69) is 22.4 Å². The Hall–Kier alpha value is -1.66. The van der Waals surface area contributed by atoms with E-state index in [-0.39, 0.29) is 5.84 Å². The molecule has 21 heavy (non-hydrogen) atoms. The first-order chi connectivity index (χ1) is 10.0. The molecule has 0 atom stereocenters. The van der Waals surface area contributed by atoms with Gasteiger partial charge in [0.2, 0.25) is 0 Å². The van der Waals surface area contributed by atoms with E-state index in [1.54, 1.807) is 12.3 Å². The molecule has 1 aromatic rings. The van der Waals surface area contributed by atoms with Crippen LogP contribution < -0.4 is 11.1 Å². The van der Waals surface area contributed by atoms with Crippen LogP contribution in [0, 0.1) is 5.92 Å². The van der Waals surface area contributed by atoms with Gasteiger partial charge in [0.15, 0.2) is 5.84 Å². The molecule has 116 valence electrons. The summed E-state index contributed by atoms with van der Waals surface area (Å²) in [4.78, 5) is 4.04. The van der Waals surface area contributed by atoms with Gasteiger partial charge in [0, 0.05) is 19.3 Å². The van der Waals surface area contributed by atoms with E-state index < -0.39 is 5.60 Å². The van der Waals surface area contributed by atoms with Gasteiger partial charge in [0.05, 0.1) is 5.60 Å². The number of nitrogens with two attached hydrogens (primary N) is 1. The first-order valence-corrected chi connectivity index (χ1v) is 7.38. The molecule has 0 bridgehead atoms. The summed E-state index contributed by atoms with van der Waals surface area (Å²) in [5.41, 5.74) is 6.36. The van der Waals surface area contributed by atoms with E-state index in [4.69, 9.17) is 10.9 Å². The summed E-state index contributed by atoms with van der Waals surface area (Å²) in [7, 11) is 0. The van der Waals surface area contributed by atoms with Gasteiger partial charge in [0.1, 0.15) is 5.69 Å². The lowest BCUT2D eigenvalue weighted by molar-refractivity contribution is -0.00630. The molecule has 0 saturated heterocycles. The van der Waals surface area contributed by atoms with Crippen LogP contribution in [0.3, 0.4) is 0 Å². The van der Waals surface area contributed by atoms with Crippen molar-refractivity contribution in [3.05, 3.63) is 29.6 Å². The largest absolute Gasteiger partial charge is 0.409 e. The number of aliphatic hydroxyl groups is 1. The van der Waals surface area contributed by atoms with Gasteiger partial charge in [-0.05, 0) is 49.3 Å². The SMILES string of the molecule is CC1CCC(O)(CNCc2ccnc(C(N)=NO)c2)CC1. The van der Waals surface area contributed by atoms with Crippen LogP contribution in [-0.2, 0) is 6.54 Å². The van der Waals surface area contributed by atoms with Crippen molar-refractivity contribution in [2.45, 2.75) is 44.8 Å². The molecule has 1 heterocycles. The van der Waals surface area contributed by atoms with Crippen molar-refractivity contribution in [3.8, 4) is 0 Å². The maximum Gasteiger partial charge on any atom is 0.188 e. The fourth-order valence-electron chi connectivity index (χ4n) is 2.69. The molecule has 6 nitrogen and oxygen atoms in total. The standard InChI is InChI=1S/C15H24N4O2/c1-11-2-5-15(20,6-3-11)10-17-9-12-4-7-18-13(8-12)14(16)19-21/h4,7-8,11,17,20-21H,2-3,5-6,9-10H2,1H3,(H2,16,19). The number of hydrogen-bond donors (Lipinski definition) is 4. The van der Waals surface area contributed by atoms with Gasteiger partial charge in [0.25, 0.3) is 0 Å². The van der Waals surface area contributed by atoms with Gasteiger partial charge in [-0.15, -0.1) is 0 Å². The third-order valence-electron chi connectivity index (χ3n) is 4.18. The summed E-state index contributed by atoms with van der Waals surface area (Å²) in [5.74, 6) is 0.713. The van der Waals surface area contributed by atoms with E-state index in [1.165, 1.54) is 0 Å². The summed E-state index contributed by atoms with van der Waals surface area (Å²) in [5, 5.41) is 25.4. The minimum atomic E-state index is -0.589. The van der Waals surface area contributed by atoms with Crippen molar-refractivity contribution in [3.63, 3.8) is 0 Å². The fourth-order valence-corrected chi connectivity index (χ4v) is 2.69. The molecule has 1 aliphatic rings. The molecule has 1 aromatic heterocycles. The third kappa shape index (κ3) is 4.41. The minimum Gasteiger partial charge on any atom is -0.409 e. The first kappa shape index (κ1) is 15.7. The number of pyridine rings is 1. The normalized spacial score (nSPS) is 26.8. The van der Waals surface area contributed by atoms with E-state index in [1.807, 2.05) is 6.07 Å². The van der Waals surface area contributed by atoms with Crippen molar-refractivity contribution in [2.75, 3.05) is 6.54 Å². The lowest BCUT2D eigenvalue weighted by Gasteiger charge is -2.35. The minimum absolute atomic E-state index is 0.00301. The molecule has 0 unspecified atom stereocenters. The monoisotopic (exact) mass is 292 g/mol. The Morgan fingerprint density at radius 2 is 2.24 bits per heavy atom. The molecule has 0 aromatic carbocycles. The molecule has 2 rings (SSSR count). The van der Waals surface area contributed by atoms with Gasteiger partial charge < -0.3 is 21.4 Å². The summed E-state index contributed by atoms with van der Waals surface area (Å²) in [6.45, 7) is 3.44. The van der Waals surface area contributed by atoms with Crippen molar-refractivity contribution in [1.82, 2.24) is 10.3 Å². The number of nitrogens with one attached hydrogen (secondary N) is 1. The molecule has 5 N–H and O–H groups in total. The quantitative estimate of drug-likeness (QED) is 0.283. The van der Waals surface area contributed by atoms with Gasteiger partial charge in [-0.25, -0.2) is 0 Å². The Bertz CT molecular complexity index is 496. The number of nitrogens with zero attached hydrogens (tertiary/aromatic N) is 2. The van der Waals surface area contributed by atoms with Crippen molar-refractivity contribution < 1.29 is 10.3 Å². The van der Waals surface area contributed by atoms with E-state index in [0.29, 0.717) is 24.7 Å². The second-order valence-corrected chi connectivity index (χ2v) is 6.04. The van der Waals surface area contributed by atoms with Crippen molar-refractivity contribution in [2.24, 2.45) is 16.8 Å². The van der Waals surface area contributed by atoms with Crippen molar-refractivity contribution >= 4 is 5.84 Å². The van der Waals surface area contributed by atoms with Crippen LogP contribution in [0.1, 0.15) is 43.9 Å². The average molecular weight is 292 g/mol. The van der Waals surface area contributed by atoms with Crippen LogP contribution in [0.4, 0.5) is 0 Å². The highest BCUT2D eigenvalue weighted by molar-refractivity contribution is 5.95. The molecule has 0 radical (unpaired) electrons. The van der Waals surface area contributed by atoms with Crippen LogP contribution in [0.2, 0.25) is 0 Å². The predicted molar refractivity (Wildman–Crippen MR) is 81.0 cm³/mol. The van der Waals surface area contributed by atoms with E-state index in [9.17, 15) is 5.11 Å². The number of amidine groups is 1. The summed E-state index contributed by atoms with van der Waals surface area (Å²) in [6, 6.07) is 3.64.